The minimum absolute atomic E-state index is 0.0806. The van der Waals surface area contributed by atoms with Crippen molar-refractivity contribution in [1.82, 2.24) is 4.90 Å². The van der Waals surface area contributed by atoms with Crippen molar-refractivity contribution in [3.63, 3.8) is 0 Å². The van der Waals surface area contributed by atoms with Crippen molar-refractivity contribution in [2.45, 2.75) is 6.92 Å². The van der Waals surface area contributed by atoms with E-state index >= 15 is 0 Å². The lowest BCUT2D eigenvalue weighted by atomic mass is 10.2. The SMILES string of the molecule is CCOCCOc1cccc(NCC(=O)Nc2ccc(C(=O)N(C)C)cc2)c1. The van der Waals surface area contributed by atoms with Crippen LogP contribution in [0, 0.1) is 0 Å². The Morgan fingerprint density at radius 2 is 1.75 bits per heavy atom. The molecule has 2 amide bonds. The minimum Gasteiger partial charge on any atom is -0.491 e. The van der Waals surface area contributed by atoms with E-state index in [0.29, 0.717) is 36.8 Å². The molecule has 2 aromatic rings. The highest BCUT2D eigenvalue weighted by atomic mass is 16.5. The Bertz CT molecular complexity index is 775. The number of ether oxygens (including phenoxy) is 2. The molecule has 2 N–H and O–H groups in total. The van der Waals surface area contributed by atoms with Gasteiger partial charge >= 0.3 is 0 Å². The molecular weight excluding hydrogens is 358 g/mol. The number of carbonyl (C=O) groups excluding carboxylic acids is 2. The van der Waals surface area contributed by atoms with Crippen LogP contribution in [0.4, 0.5) is 11.4 Å². The van der Waals surface area contributed by atoms with Crippen LogP contribution in [0.3, 0.4) is 0 Å². The number of nitrogens with zero attached hydrogens (tertiary/aromatic N) is 1. The summed E-state index contributed by atoms with van der Waals surface area (Å²) in [5, 5.41) is 5.86. The van der Waals surface area contributed by atoms with Crippen molar-refractivity contribution >= 4 is 23.2 Å². The Balaban J connectivity index is 1.81. The molecule has 2 aromatic carbocycles. The van der Waals surface area contributed by atoms with Gasteiger partial charge in [-0.25, -0.2) is 0 Å². The summed E-state index contributed by atoms with van der Waals surface area (Å²) in [7, 11) is 3.39. The van der Waals surface area contributed by atoms with Gasteiger partial charge in [-0.05, 0) is 43.3 Å². The molecule has 7 heteroatoms. The van der Waals surface area contributed by atoms with Crippen LogP contribution in [0.5, 0.6) is 5.75 Å². The van der Waals surface area contributed by atoms with E-state index in [2.05, 4.69) is 10.6 Å². The largest absolute Gasteiger partial charge is 0.491 e. The highest BCUT2D eigenvalue weighted by Gasteiger charge is 2.08. The van der Waals surface area contributed by atoms with Crippen LogP contribution in [-0.4, -0.2) is 57.2 Å². The maximum absolute atomic E-state index is 12.1. The van der Waals surface area contributed by atoms with Crippen molar-refractivity contribution in [3.8, 4) is 5.75 Å². The van der Waals surface area contributed by atoms with E-state index in [0.717, 1.165) is 5.69 Å². The Morgan fingerprint density at radius 1 is 1.00 bits per heavy atom. The highest BCUT2D eigenvalue weighted by molar-refractivity contribution is 5.96. The van der Waals surface area contributed by atoms with Crippen molar-refractivity contribution in [3.05, 3.63) is 54.1 Å². The van der Waals surface area contributed by atoms with Crippen LogP contribution < -0.4 is 15.4 Å². The number of rotatable bonds is 10. The highest BCUT2D eigenvalue weighted by Crippen LogP contribution is 2.17. The number of amides is 2. The molecule has 0 fully saturated rings. The molecule has 0 heterocycles. The van der Waals surface area contributed by atoms with Crippen LogP contribution >= 0.6 is 0 Å². The van der Waals surface area contributed by atoms with Gasteiger partial charge in [0, 0.05) is 43.7 Å². The fourth-order valence-corrected chi connectivity index (χ4v) is 2.40. The van der Waals surface area contributed by atoms with E-state index in [1.54, 1.807) is 38.4 Å². The third kappa shape index (κ3) is 6.92. The zero-order valence-electron chi connectivity index (χ0n) is 16.5. The second-order valence-corrected chi connectivity index (χ2v) is 6.25. The van der Waals surface area contributed by atoms with E-state index in [4.69, 9.17) is 9.47 Å². The number of hydrogen-bond acceptors (Lipinski definition) is 5. The maximum Gasteiger partial charge on any atom is 0.253 e. The quantitative estimate of drug-likeness (QED) is 0.615. The predicted molar refractivity (Wildman–Crippen MR) is 110 cm³/mol. The number of benzene rings is 2. The molecule has 0 bridgehead atoms. The number of anilines is 2. The standard InChI is InChI=1S/C21H27N3O4/c1-4-27-12-13-28-19-7-5-6-18(14-19)22-15-20(25)23-17-10-8-16(9-11-17)21(26)24(2)3/h5-11,14,22H,4,12-13,15H2,1-3H3,(H,23,25). The third-order valence-corrected chi connectivity index (χ3v) is 3.81. The first kappa shape index (κ1) is 21.2. The summed E-state index contributed by atoms with van der Waals surface area (Å²) in [6, 6.07) is 14.2. The molecule has 0 saturated carbocycles. The summed E-state index contributed by atoms with van der Waals surface area (Å²) < 4.78 is 10.8. The molecular formula is C21H27N3O4. The second-order valence-electron chi connectivity index (χ2n) is 6.25. The molecule has 0 atom stereocenters. The molecule has 0 spiro atoms. The number of nitrogens with one attached hydrogen (secondary N) is 2. The molecule has 0 aliphatic heterocycles. The molecule has 0 unspecified atom stereocenters. The fraction of sp³-hybridized carbons (Fsp3) is 0.333. The normalized spacial score (nSPS) is 10.2. The van der Waals surface area contributed by atoms with Crippen molar-refractivity contribution < 1.29 is 19.1 Å². The summed E-state index contributed by atoms with van der Waals surface area (Å²) >= 11 is 0. The molecule has 0 aliphatic carbocycles. The molecule has 0 aromatic heterocycles. The Labute approximate surface area is 165 Å². The molecule has 0 radical (unpaired) electrons. The van der Waals surface area contributed by atoms with Crippen LogP contribution in [0.2, 0.25) is 0 Å². The topological polar surface area (TPSA) is 79.9 Å². The first-order chi connectivity index (χ1) is 13.5. The van der Waals surface area contributed by atoms with Gasteiger partial charge in [-0.1, -0.05) is 6.07 Å². The summed E-state index contributed by atoms with van der Waals surface area (Å²) in [6.45, 7) is 3.72. The van der Waals surface area contributed by atoms with Gasteiger partial charge in [-0.3, -0.25) is 9.59 Å². The number of carbonyl (C=O) groups is 2. The van der Waals surface area contributed by atoms with Gasteiger partial charge < -0.3 is 25.0 Å². The van der Waals surface area contributed by atoms with E-state index in [1.807, 2.05) is 31.2 Å². The summed E-state index contributed by atoms with van der Waals surface area (Å²) in [5.74, 6) is 0.448. The summed E-state index contributed by atoms with van der Waals surface area (Å²) in [4.78, 5) is 25.5. The van der Waals surface area contributed by atoms with Gasteiger partial charge in [0.1, 0.15) is 12.4 Å². The Morgan fingerprint density at radius 3 is 2.43 bits per heavy atom. The minimum atomic E-state index is -0.186. The van der Waals surface area contributed by atoms with Crippen molar-refractivity contribution in [2.24, 2.45) is 0 Å². The maximum atomic E-state index is 12.1. The van der Waals surface area contributed by atoms with E-state index < -0.39 is 0 Å². The molecule has 150 valence electrons. The zero-order chi connectivity index (χ0) is 20.4. The Hall–Kier alpha value is -3.06. The first-order valence-corrected chi connectivity index (χ1v) is 9.15. The van der Waals surface area contributed by atoms with Gasteiger partial charge in [0.25, 0.3) is 5.91 Å². The third-order valence-electron chi connectivity index (χ3n) is 3.81. The lowest BCUT2D eigenvalue weighted by Gasteiger charge is -2.12. The van der Waals surface area contributed by atoms with Crippen LogP contribution in [0.25, 0.3) is 0 Å². The smallest absolute Gasteiger partial charge is 0.253 e. The molecule has 0 aliphatic rings. The zero-order valence-corrected chi connectivity index (χ0v) is 16.5. The number of hydrogen-bond donors (Lipinski definition) is 2. The van der Waals surface area contributed by atoms with Crippen molar-refractivity contribution in [2.75, 3.05) is 51.1 Å². The van der Waals surface area contributed by atoms with E-state index in [1.165, 1.54) is 4.90 Å². The van der Waals surface area contributed by atoms with Gasteiger partial charge in [0.05, 0.1) is 13.2 Å². The monoisotopic (exact) mass is 385 g/mol. The lowest BCUT2D eigenvalue weighted by molar-refractivity contribution is -0.114. The van der Waals surface area contributed by atoms with E-state index in [-0.39, 0.29) is 18.4 Å². The van der Waals surface area contributed by atoms with Gasteiger partial charge in [0.2, 0.25) is 5.91 Å². The molecule has 7 nitrogen and oxygen atoms in total. The summed E-state index contributed by atoms with van der Waals surface area (Å²) in [6.07, 6.45) is 0. The second kappa shape index (κ2) is 10.9. The van der Waals surface area contributed by atoms with Gasteiger partial charge in [-0.15, -0.1) is 0 Å². The summed E-state index contributed by atoms with van der Waals surface area (Å²) in [5.41, 5.74) is 1.99. The Kier molecular flexibility index (Phi) is 8.30. The predicted octanol–water partition coefficient (Wildman–Crippen LogP) is 2.85. The van der Waals surface area contributed by atoms with Gasteiger partial charge in [-0.2, -0.15) is 0 Å². The van der Waals surface area contributed by atoms with Crippen LogP contribution in [0.1, 0.15) is 17.3 Å². The average molecular weight is 385 g/mol. The van der Waals surface area contributed by atoms with Gasteiger partial charge in [0.15, 0.2) is 0 Å². The lowest BCUT2D eigenvalue weighted by Crippen LogP contribution is -2.23. The van der Waals surface area contributed by atoms with Crippen LogP contribution in [0.15, 0.2) is 48.5 Å². The van der Waals surface area contributed by atoms with Crippen LogP contribution in [-0.2, 0) is 9.53 Å². The van der Waals surface area contributed by atoms with Crippen molar-refractivity contribution in [1.29, 1.82) is 0 Å². The molecule has 28 heavy (non-hydrogen) atoms. The fourth-order valence-electron chi connectivity index (χ4n) is 2.40. The molecule has 0 saturated heterocycles. The first-order valence-electron chi connectivity index (χ1n) is 9.15. The molecule has 2 rings (SSSR count). The van der Waals surface area contributed by atoms with E-state index in [9.17, 15) is 9.59 Å². The average Bonchev–Trinajstić information content (AvgIpc) is 2.70.